The second-order valence-corrected chi connectivity index (χ2v) is 9.11. The first kappa shape index (κ1) is 24.4. The van der Waals surface area contributed by atoms with E-state index in [1.54, 1.807) is 7.05 Å². The molecule has 4 unspecified atom stereocenters. The van der Waals surface area contributed by atoms with Gasteiger partial charge in [-0.15, -0.1) is 24.0 Å². The van der Waals surface area contributed by atoms with Gasteiger partial charge in [0.25, 0.3) is 0 Å². The Kier molecular flexibility index (Phi) is 8.74. The third kappa shape index (κ3) is 5.42. The SMILES string of the molecule is CN=C(NCCCN1CCCN(C)CC1)NCCN1C(=O)C2C3C=CC(C3)C2C1=O.I. The monoisotopic (exact) mass is 544 g/mol. The number of aliphatic imine (C=N–C) groups is 1. The molecule has 2 amide bonds. The summed E-state index contributed by atoms with van der Waals surface area (Å²) in [6, 6.07) is 0. The number of rotatable bonds is 7. The highest BCUT2D eigenvalue weighted by atomic mass is 127. The van der Waals surface area contributed by atoms with Gasteiger partial charge in [0.2, 0.25) is 11.8 Å². The van der Waals surface area contributed by atoms with E-state index in [0.717, 1.165) is 45.0 Å². The lowest BCUT2D eigenvalue weighted by Gasteiger charge is -2.21. The summed E-state index contributed by atoms with van der Waals surface area (Å²) < 4.78 is 0. The van der Waals surface area contributed by atoms with E-state index in [2.05, 4.69) is 44.6 Å². The number of carbonyl (C=O) groups is 2. The van der Waals surface area contributed by atoms with Crippen LogP contribution in [-0.4, -0.2) is 98.9 Å². The minimum Gasteiger partial charge on any atom is -0.356 e. The lowest BCUT2D eigenvalue weighted by molar-refractivity contribution is -0.140. The van der Waals surface area contributed by atoms with Gasteiger partial charge in [-0.3, -0.25) is 19.5 Å². The van der Waals surface area contributed by atoms with Crippen molar-refractivity contribution >= 4 is 41.8 Å². The molecular formula is C22H37IN6O2. The zero-order chi connectivity index (χ0) is 21.1. The van der Waals surface area contributed by atoms with Crippen molar-refractivity contribution in [3.8, 4) is 0 Å². The van der Waals surface area contributed by atoms with Crippen molar-refractivity contribution in [2.45, 2.75) is 19.3 Å². The van der Waals surface area contributed by atoms with Gasteiger partial charge in [-0.1, -0.05) is 12.2 Å². The number of guanidine groups is 1. The number of fused-ring (bicyclic) bond motifs is 5. The van der Waals surface area contributed by atoms with Gasteiger partial charge >= 0.3 is 0 Å². The van der Waals surface area contributed by atoms with E-state index < -0.39 is 0 Å². The van der Waals surface area contributed by atoms with Gasteiger partial charge in [-0.2, -0.15) is 0 Å². The van der Waals surface area contributed by atoms with Gasteiger partial charge < -0.3 is 20.4 Å². The van der Waals surface area contributed by atoms with Gasteiger partial charge in [-0.25, -0.2) is 0 Å². The van der Waals surface area contributed by atoms with Crippen LogP contribution in [-0.2, 0) is 9.59 Å². The summed E-state index contributed by atoms with van der Waals surface area (Å²) in [7, 11) is 3.94. The molecule has 3 fully saturated rings. The number of likely N-dealkylation sites (tertiary alicyclic amines) is 1. The number of amides is 2. The number of hydrogen-bond acceptors (Lipinski definition) is 5. The molecule has 0 aromatic carbocycles. The van der Waals surface area contributed by atoms with Crippen LogP contribution >= 0.6 is 24.0 Å². The lowest BCUT2D eigenvalue weighted by atomic mass is 9.85. The molecule has 0 aromatic heterocycles. The average molecular weight is 544 g/mol. The van der Waals surface area contributed by atoms with Crippen LogP contribution in [0.15, 0.2) is 17.1 Å². The second kappa shape index (κ2) is 11.1. The Morgan fingerprint density at radius 3 is 2.35 bits per heavy atom. The molecule has 4 atom stereocenters. The Bertz CT molecular complexity index is 684. The second-order valence-electron chi connectivity index (χ2n) is 9.11. The standard InChI is InChI=1S/C22H36N6O2.HI/c1-23-22(24-7-3-10-27-11-4-9-26(2)13-14-27)25-8-12-28-20(29)18-16-5-6-17(15-16)19(18)21(28)30;/h5-6,16-19H,3-4,7-15H2,1-2H3,(H2,23,24,25);1H. The summed E-state index contributed by atoms with van der Waals surface area (Å²) in [6.07, 6.45) is 7.54. The Morgan fingerprint density at radius 2 is 1.68 bits per heavy atom. The highest BCUT2D eigenvalue weighted by Crippen LogP contribution is 2.52. The number of imide groups is 1. The molecule has 174 valence electrons. The van der Waals surface area contributed by atoms with Gasteiger partial charge in [0.15, 0.2) is 5.96 Å². The molecule has 0 spiro atoms. The minimum absolute atomic E-state index is 0. The van der Waals surface area contributed by atoms with Crippen LogP contribution in [0, 0.1) is 23.7 Å². The summed E-state index contributed by atoms with van der Waals surface area (Å²) in [5, 5.41) is 6.60. The van der Waals surface area contributed by atoms with Crippen LogP contribution in [0.25, 0.3) is 0 Å². The fraction of sp³-hybridized carbons (Fsp3) is 0.773. The van der Waals surface area contributed by atoms with E-state index in [4.69, 9.17) is 0 Å². The van der Waals surface area contributed by atoms with Crippen LogP contribution in [0.1, 0.15) is 19.3 Å². The largest absolute Gasteiger partial charge is 0.356 e. The maximum absolute atomic E-state index is 12.7. The number of nitrogens with zero attached hydrogens (tertiary/aromatic N) is 4. The molecule has 0 aromatic rings. The molecule has 2 N–H and O–H groups in total. The van der Waals surface area contributed by atoms with Crippen molar-refractivity contribution in [2.24, 2.45) is 28.7 Å². The molecule has 2 heterocycles. The van der Waals surface area contributed by atoms with Crippen molar-refractivity contribution < 1.29 is 9.59 Å². The van der Waals surface area contributed by atoms with Crippen LogP contribution in [0.3, 0.4) is 0 Å². The van der Waals surface area contributed by atoms with Gasteiger partial charge in [0.1, 0.15) is 0 Å². The summed E-state index contributed by atoms with van der Waals surface area (Å²) in [4.78, 5) is 36.1. The highest BCUT2D eigenvalue weighted by molar-refractivity contribution is 14.0. The predicted octanol–water partition coefficient (Wildman–Crippen LogP) is 0.604. The average Bonchev–Trinajstić information content (AvgIpc) is 3.37. The first-order valence-corrected chi connectivity index (χ1v) is 11.5. The maximum Gasteiger partial charge on any atom is 0.233 e. The minimum atomic E-state index is -0.108. The topological polar surface area (TPSA) is 80.3 Å². The molecule has 4 aliphatic rings. The molecule has 2 saturated heterocycles. The molecule has 0 radical (unpaired) electrons. The normalized spacial score (nSPS) is 31.0. The Hall–Kier alpha value is -1.20. The van der Waals surface area contributed by atoms with E-state index in [1.807, 2.05) is 0 Å². The number of hydrogen-bond donors (Lipinski definition) is 2. The van der Waals surface area contributed by atoms with Crippen molar-refractivity contribution in [2.75, 3.05) is 66.5 Å². The first-order chi connectivity index (χ1) is 14.6. The number of likely N-dealkylation sites (N-methyl/N-ethyl adjacent to an activating group) is 1. The summed E-state index contributed by atoms with van der Waals surface area (Å²) in [5.41, 5.74) is 0. The Balaban J connectivity index is 0.00000272. The summed E-state index contributed by atoms with van der Waals surface area (Å²) in [6.45, 7) is 7.52. The zero-order valence-corrected chi connectivity index (χ0v) is 21.1. The molecular weight excluding hydrogens is 507 g/mol. The lowest BCUT2D eigenvalue weighted by Crippen LogP contribution is -2.44. The molecule has 1 saturated carbocycles. The Labute approximate surface area is 202 Å². The van der Waals surface area contributed by atoms with Crippen LogP contribution in [0.2, 0.25) is 0 Å². The van der Waals surface area contributed by atoms with E-state index in [0.29, 0.717) is 13.1 Å². The van der Waals surface area contributed by atoms with E-state index in [1.165, 1.54) is 24.4 Å². The van der Waals surface area contributed by atoms with Crippen molar-refractivity contribution in [3.05, 3.63) is 12.2 Å². The van der Waals surface area contributed by atoms with Crippen molar-refractivity contribution in [3.63, 3.8) is 0 Å². The number of allylic oxidation sites excluding steroid dienone is 2. The fourth-order valence-electron chi connectivity index (χ4n) is 5.52. The quantitative estimate of drug-likeness (QED) is 0.122. The summed E-state index contributed by atoms with van der Waals surface area (Å²) in [5.74, 6) is 1.10. The number of nitrogens with one attached hydrogen (secondary N) is 2. The molecule has 4 rings (SSSR count). The third-order valence-electron chi connectivity index (χ3n) is 7.17. The van der Waals surface area contributed by atoms with Crippen molar-refractivity contribution in [1.29, 1.82) is 0 Å². The van der Waals surface area contributed by atoms with Gasteiger partial charge in [-0.05, 0) is 57.8 Å². The van der Waals surface area contributed by atoms with E-state index >= 15 is 0 Å². The molecule has 2 bridgehead atoms. The van der Waals surface area contributed by atoms with Crippen LogP contribution < -0.4 is 10.6 Å². The predicted molar refractivity (Wildman–Crippen MR) is 132 cm³/mol. The van der Waals surface area contributed by atoms with E-state index in [-0.39, 0.29) is 59.5 Å². The first-order valence-electron chi connectivity index (χ1n) is 11.5. The van der Waals surface area contributed by atoms with Gasteiger partial charge in [0, 0.05) is 39.8 Å². The van der Waals surface area contributed by atoms with E-state index in [9.17, 15) is 9.59 Å². The highest BCUT2D eigenvalue weighted by Gasteiger charge is 2.58. The van der Waals surface area contributed by atoms with Crippen molar-refractivity contribution in [1.82, 2.24) is 25.3 Å². The number of halogens is 1. The third-order valence-corrected chi connectivity index (χ3v) is 7.17. The van der Waals surface area contributed by atoms with Crippen LogP contribution in [0.4, 0.5) is 0 Å². The Morgan fingerprint density at radius 1 is 1.00 bits per heavy atom. The van der Waals surface area contributed by atoms with Crippen LogP contribution in [0.5, 0.6) is 0 Å². The zero-order valence-electron chi connectivity index (χ0n) is 18.8. The molecule has 31 heavy (non-hydrogen) atoms. The fourth-order valence-corrected chi connectivity index (χ4v) is 5.52. The smallest absolute Gasteiger partial charge is 0.233 e. The van der Waals surface area contributed by atoms with Gasteiger partial charge in [0.05, 0.1) is 11.8 Å². The molecule has 8 nitrogen and oxygen atoms in total. The summed E-state index contributed by atoms with van der Waals surface area (Å²) >= 11 is 0. The molecule has 2 aliphatic carbocycles. The number of carbonyl (C=O) groups excluding carboxylic acids is 2. The molecule has 2 aliphatic heterocycles. The maximum atomic E-state index is 12.7. The molecule has 9 heteroatoms.